The van der Waals surface area contributed by atoms with Gasteiger partial charge in [-0.25, -0.2) is 0 Å². The van der Waals surface area contributed by atoms with Gasteiger partial charge in [-0.1, -0.05) is 19.3 Å². The molecule has 6 heteroatoms. The molecule has 0 aromatic heterocycles. The van der Waals surface area contributed by atoms with Crippen LogP contribution in [0.15, 0.2) is 12.1 Å². The maximum absolute atomic E-state index is 11.6. The lowest BCUT2D eigenvalue weighted by Gasteiger charge is -2.28. The van der Waals surface area contributed by atoms with Crippen LogP contribution in [0.3, 0.4) is 0 Å². The molecule has 1 atom stereocenters. The monoisotopic (exact) mass is 321 g/mol. The number of fused-ring (bicyclic) bond motifs is 1. The lowest BCUT2D eigenvalue weighted by molar-refractivity contribution is -0.141. The van der Waals surface area contributed by atoms with Gasteiger partial charge in [0.05, 0.1) is 7.11 Å². The van der Waals surface area contributed by atoms with Gasteiger partial charge >= 0.3 is 5.97 Å². The van der Waals surface area contributed by atoms with Crippen LogP contribution in [0.5, 0.6) is 17.2 Å². The number of hydrogen-bond donors (Lipinski definition) is 2. The zero-order valence-electron chi connectivity index (χ0n) is 13.3. The van der Waals surface area contributed by atoms with E-state index in [-0.39, 0.29) is 12.7 Å². The molecule has 1 saturated carbocycles. The molecule has 0 saturated heterocycles. The Kier molecular flexibility index (Phi) is 4.91. The number of carboxylic acid groups (broad SMARTS) is 1. The maximum Gasteiger partial charge on any atom is 0.320 e. The third-order valence-corrected chi connectivity index (χ3v) is 4.63. The predicted molar refractivity (Wildman–Crippen MR) is 84.0 cm³/mol. The Hall–Kier alpha value is -1.95. The number of rotatable bonds is 6. The molecule has 0 radical (unpaired) electrons. The Balaban J connectivity index is 1.69. The smallest absolute Gasteiger partial charge is 0.320 e. The van der Waals surface area contributed by atoms with E-state index in [1.54, 1.807) is 7.11 Å². The van der Waals surface area contributed by atoms with Crippen molar-refractivity contribution in [1.82, 2.24) is 5.32 Å². The Morgan fingerprint density at radius 1 is 1.35 bits per heavy atom. The molecule has 6 nitrogen and oxygen atoms in total. The highest BCUT2D eigenvalue weighted by Gasteiger charge is 2.29. The highest BCUT2D eigenvalue weighted by atomic mass is 16.7. The molecule has 2 aliphatic rings. The SMILES string of the molecule is COc1cc(CN[C@H](C(=O)O)C2CCCCC2)cc2c1OCO2. The van der Waals surface area contributed by atoms with E-state index in [1.165, 1.54) is 6.42 Å². The van der Waals surface area contributed by atoms with Crippen molar-refractivity contribution in [1.29, 1.82) is 0 Å². The van der Waals surface area contributed by atoms with E-state index in [9.17, 15) is 9.90 Å². The van der Waals surface area contributed by atoms with E-state index in [0.717, 1.165) is 31.2 Å². The minimum atomic E-state index is -0.774. The fraction of sp³-hybridized carbons (Fsp3) is 0.588. The molecule has 1 aromatic carbocycles. The van der Waals surface area contributed by atoms with Crippen LogP contribution in [0, 0.1) is 5.92 Å². The first kappa shape index (κ1) is 15.9. The molecule has 0 spiro atoms. The van der Waals surface area contributed by atoms with Gasteiger partial charge < -0.3 is 24.6 Å². The Morgan fingerprint density at radius 2 is 2.13 bits per heavy atom. The largest absolute Gasteiger partial charge is 0.493 e. The lowest BCUT2D eigenvalue weighted by atomic mass is 9.84. The van der Waals surface area contributed by atoms with Crippen LogP contribution in [0.25, 0.3) is 0 Å². The van der Waals surface area contributed by atoms with Gasteiger partial charge in [0, 0.05) is 6.54 Å². The van der Waals surface area contributed by atoms with Gasteiger partial charge in [-0.05, 0) is 36.5 Å². The number of carboxylic acids is 1. The van der Waals surface area contributed by atoms with Gasteiger partial charge in [0.1, 0.15) is 6.04 Å². The van der Waals surface area contributed by atoms with Gasteiger partial charge in [-0.2, -0.15) is 0 Å². The second-order valence-corrected chi connectivity index (χ2v) is 6.13. The van der Waals surface area contributed by atoms with Gasteiger partial charge in [-0.3, -0.25) is 4.79 Å². The normalized spacial score (nSPS) is 18.7. The summed E-state index contributed by atoms with van der Waals surface area (Å²) < 4.78 is 16.1. The first-order valence-corrected chi connectivity index (χ1v) is 8.11. The van der Waals surface area contributed by atoms with E-state index in [0.29, 0.717) is 23.8 Å². The molecule has 23 heavy (non-hydrogen) atoms. The fourth-order valence-electron chi connectivity index (χ4n) is 3.44. The summed E-state index contributed by atoms with van der Waals surface area (Å²) in [5.41, 5.74) is 0.924. The van der Waals surface area contributed by atoms with Crippen LogP contribution < -0.4 is 19.5 Å². The fourth-order valence-corrected chi connectivity index (χ4v) is 3.44. The maximum atomic E-state index is 11.6. The molecule has 0 unspecified atom stereocenters. The van der Waals surface area contributed by atoms with E-state index in [2.05, 4.69) is 5.32 Å². The summed E-state index contributed by atoms with van der Waals surface area (Å²) in [6.07, 6.45) is 5.41. The van der Waals surface area contributed by atoms with Crippen LogP contribution in [0.4, 0.5) is 0 Å². The van der Waals surface area contributed by atoms with E-state index >= 15 is 0 Å². The van der Waals surface area contributed by atoms with E-state index < -0.39 is 12.0 Å². The Morgan fingerprint density at radius 3 is 2.83 bits per heavy atom. The van der Waals surface area contributed by atoms with Crippen LogP contribution in [-0.2, 0) is 11.3 Å². The third-order valence-electron chi connectivity index (χ3n) is 4.63. The van der Waals surface area contributed by atoms with Crippen molar-refractivity contribution >= 4 is 5.97 Å². The van der Waals surface area contributed by atoms with Gasteiger partial charge in [0.25, 0.3) is 0 Å². The summed E-state index contributed by atoms with van der Waals surface area (Å²) in [6.45, 7) is 0.642. The molecule has 0 bridgehead atoms. The van der Waals surface area contributed by atoms with Crippen molar-refractivity contribution < 1.29 is 24.1 Å². The van der Waals surface area contributed by atoms with Crippen molar-refractivity contribution in [3.8, 4) is 17.2 Å². The molecule has 1 aliphatic carbocycles. The molecule has 0 amide bonds. The molecule has 1 aliphatic heterocycles. The second-order valence-electron chi connectivity index (χ2n) is 6.13. The molecule has 1 heterocycles. The first-order valence-electron chi connectivity index (χ1n) is 8.11. The number of benzene rings is 1. The molecule has 1 fully saturated rings. The quantitative estimate of drug-likeness (QED) is 0.838. The van der Waals surface area contributed by atoms with Crippen molar-refractivity contribution in [2.24, 2.45) is 5.92 Å². The zero-order chi connectivity index (χ0) is 16.2. The Labute approximate surface area is 135 Å². The number of carbonyl (C=O) groups is 1. The Bertz CT molecular complexity index is 568. The van der Waals surface area contributed by atoms with E-state index in [4.69, 9.17) is 14.2 Å². The molecular formula is C17H23NO5. The summed E-state index contributed by atoms with van der Waals surface area (Å²) in [4.78, 5) is 11.6. The average molecular weight is 321 g/mol. The number of nitrogens with one attached hydrogen (secondary N) is 1. The highest BCUT2D eigenvalue weighted by molar-refractivity contribution is 5.74. The number of hydrogen-bond acceptors (Lipinski definition) is 5. The van der Waals surface area contributed by atoms with Crippen molar-refractivity contribution in [3.05, 3.63) is 17.7 Å². The molecule has 2 N–H and O–H groups in total. The first-order chi connectivity index (χ1) is 11.2. The van der Waals surface area contributed by atoms with Gasteiger partial charge in [-0.15, -0.1) is 0 Å². The highest BCUT2D eigenvalue weighted by Crippen LogP contribution is 2.41. The van der Waals surface area contributed by atoms with E-state index in [1.807, 2.05) is 12.1 Å². The topological polar surface area (TPSA) is 77.0 Å². The summed E-state index contributed by atoms with van der Waals surface area (Å²) in [6, 6.07) is 3.23. The third kappa shape index (κ3) is 3.52. The van der Waals surface area contributed by atoms with Crippen molar-refractivity contribution in [2.75, 3.05) is 13.9 Å². The number of ether oxygens (including phenoxy) is 3. The zero-order valence-corrected chi connectivity index (χ0v) is 13.3. The number of methoxy groups -OCH3 is 1. The summed E-state index contributed by atoms with van der Waals surface area (Å²) >= 11 is 0. The second kappa shape index (κ2) is 7.08. The molecule has 1 aromatic rings. The van der Waals surface area contributed by atoms with Crippen molar-refractivity contribution in [3.63, 3.8) is 0 Å². The summed E-state index contributed by atoms with van der Waals surface area (Å²) in [5, 5.41) is 12.7. The van der Waals surface area contributed by atoms with Crippen LogP contribution in [0.2, 0.25) is 0 Å². The number of aliphatic carboxylic acids is 1. The van der Waals surface area contributed by atoms with Crippen LogP contribution >= 0.6 is 0 Å². The predicted octanol–water partition coefficient (Wildman–Crippen LogP) is 2.55. The van der Waals surface area contributed by atoms with Crippen LogP contribution in [0.1, 0.15) is 37.7 Å². The minimum absolute atomic E-state index is 0.183. The molecule has 126 valence electrons. The van der Waals surface area contributed by atoms with Gasteiger partial charge in [0.2, 0.25) is 12.5 Å². The molecule has 3 rings (SSSR count). The lowest BCUT2D eigenvalue weighted by Crippen LogP contribution is -2.43. The van der Waals surface area contributed by atoms with Crippen molar-refractivity contribution in [2.45, 2.75) is 44.7 Å². The summed E-state index contributed by atoms with van der Waals surface area (Å²) in [7, 11) is 1.58. The standard InChI is InChI=1S/C17H23NO5/c1-21-13-7-11(8-14-16(13)23-10-22-14)9-18-15(17(19)20)12-5-3-2-4-6-12/h7-8,12,15,18H,2-6,9-10H2,1H3,(H,19,20)/t15-/m0/s1. The minimum Gasteiger partial charge on any atom is -0.493 e. The summed E-state index contributed by atoms with van der Waals surface area (Å²) in [5.74, 6) is 1.30. The van der Waals surface area contributed by atoms with Crippen LogP contribution in [-0.4, -0.2) is 31.0 Å². The molecular weight excluding hydrogens is 298 g/mol. The average Bonchev–Trinajstić information content (AvgIpc) is 3.03. The van der Waals surface area contributed by atoms with Gasteiger partial charge in [0.15, 0.2) is 11.5 Å².